The van der Waals surface area contributed by atoms with Crippen molar-refractivity contribution < 1.29 is 9.91 Å². The summed E-state index contributed by atoms with van der Waals surface area (Å²) in [5, 5.41) is 14.8. The number of hydrogen-bond donors (Lipinski definition) is 1. The Bertz CT molecular complexity index is 925. The highest BCUT2D eigenvalue weighted by Crippen LogP contribution is 2.10. The lowest BCUT2D eigenvalue weighted by molar-refractivity contribution is -0.384. The number of benzene rings is 1. The molecule has 0 saturated carbocycles. The number of aromatic nitrogens is 2. The van der Waals surface area contributed by atoms with Crippen LogP contribution in [0.5, 0.6) is 0 Å². The van der Waals surface area contributed by atoms with E-state index in [4.69, 9.17) is 0 Å². The van der Waals surface area contributed by atoms with Crippen LogP contribution in [0, 0.1) is 10.1 Å². The molecule has 1 aromatic carbocycles. The first-order valence-corrected chi connectivity index (χ1v) is 7.73. The maximum atomic E-state index is 10.7. The number of rotatable bonds is 5. The van der Waals surface area contributed by atoms with Gasteiger partial charge in [-0.3, -0.25) is 15.1 Å². The van der Waals surface area contributed by atoms with Gasteiger partial charge in [-0.15, -0.1) is 0 Å². The number of H-pyrrole nitrogens is 1. The number of non-ortho nitro benzene ring substituents is 1. The number of amidine groups is 1. The second-order valence-electron chi connectivity index (χ2n) is 5.14. The first-order valence-electron chi connectivity index (χ1n) is 7.73. The van der Waals surface area contributed by atoms with Gasteiger partial charge in [-0.25, -0.2) is 10.4 Å². The largest absolute Gasteiger partial charge is 0.323 e. The molecule has 0 aliphatic rings. The van der Waals surface area contributed by atoms with E-state index in [1.165, 1.54) is 12.1 Å². The molecule has 0 aliphatic carbocycles. The third kappa shape index (κ3) is 4.54. The molecule has 8 heteroatoms. The van der Waals surface area contributed by atoms with Crippen LogP contribution in [-0.2, 0) is 0 Å². The lowest BCUT2D eigenvalue weighted by Crippen LogP contribution is -2.21. The van der Waals surface area contributed by atoms with E-state index in [2.05, 4.69) is 25.5 Å². The maximum Gasteiger partial charge on any atom is 0.323 e. The number of nitrogens with one attached hydrogen (secondary N) is 2. The van der Waals surface area contributed by atoms with E-state index in [9.17, 15) is 10.1 Å². The van der Waals surface area contributed by atoms with Crippen molar-refractivity contribution in [1.29, 1.82) is 0 Å². The first kappa shape index (κ1) is 16.9. The highest BCUT2D eigenvalue weighted by molar-refractivity contribution is 5.98. The molecule has 0 unspecified atom stereocenters. The smallest absolute Gasteiger partial charge is 0.258 e. The number of hydrazone groups is 1. The number of nitrogens with zero attached hydrogens (tertiary/aromatic N) is 4. The van der Waals surface area contributed by atoms with Crippen LogP contribution in [0.15, 0.2) is 83.2 Å². The lowest BCUT2D eigenvalue weighted by atomic mass is 10.2. The molecular formula is C18H15N6O2+. The molecule has 8 nitrogen and oxygen atoms in total. The highest BCUT2D eigenvalue weighted by atomic mass is 16.6. The van der Waals surface area contributed by atoms with E-state index < -0.39 is 4.92 Å². The summed E-state index contributed by atoms with van der Waals surface area (Å²) >= 11 is 0. The van der Waals surface area contributed by atoms with Gasteiger partial charge in [0.2, 0.25) is 0 Å². The predicted molar refractivity (Wildman–Crippen MR) is 97.3 cm³/mol. The van der Waals surface area contributed by atoms with E-state index in [0.717, 1.165) is 5.56 Å². The van der Waals surface area contributed by atoms with Gasteiger partial charge < -0.3 is 0 Å². The summed E-state index contributed by atoms with van der Waals surface area (Å²) in [5.41, 5.74) is 4.25. The number of hydrogen-bond acceptors (Lipinski definition) is 5. The average Bonchev–Trinajstić information content (AvgIpc) is 2.69. The molecule has 2 heterocycles. The fraction of sp³-hybridized carbons (Fsp3) is 0. The zero-order chi connectivity index (χ0) is 18.2. The van der Waals surface area contributed by atoms with Gasteiger partial charge in [-0.2, -0.15) is 5.10 Å². The lowest BCUT2D eigenvalue weighted by Gasteiger charge is -1.99. The van der Waals surface area contributed by atoms with Gasteiger partial charge in [0.05, 0.1) is 17.3 Å². The molecule has 2 N–H and O–H groups in total. The van der Waals surface area contributed by atoms with Gasteiger partial charge in [-0.05, 0) is 40.9 Å². The Kier molecular flexibility index (Phi) is 5.36. The number of aliphatic imine (C=N–C) groups is 1. The van der Waals surface area contributed by atoms with Gasteiger partial charge in [0.1, 0.15) is 5.69 Å². The van der Waals surface area contributed by atoms with Crippen LogP contribution in [0.3, 0.4) is 0 Å². The van der Waals surface area contributed by atoms with Gasteiger partial charge in [-0.1, -0.05) is 12.1 Å². The van der Waals surface area contributed by atoms with Crippen molar-refractivity contribution >= 4 is 23.6 Å². The molecule has 0 saturated heterocycles. The minimum absolute atomic E-state index is 0.0328. The summed E-state index contributed by atoms with van der Waals surface area (Å²) in [6.45, 7) is 0. The van der Waals surface area contributed by atoms with Crippen LogP contribution < -0.4 is 10.4 Å². The van der Waals surface area contributed by atoms with E-state index in [1.54, 1.807) is 30.7 Å². The average molecular weight is 347 g/mol. The third-order valence-electron chi connectivity index (χ3n) is 3.32. The summed E-state index contributed by atoms with van der Waals surface area (Å²) in [5.74, 6) is 1.11. The second-order valence-corrected chi connectivity index (χ2v) is 5.14. The standard InChI is InChI=1S/C18H14N6O2/c25-24(26)15-9-7-14(8-10-15)13-21-23-18(16-5-1-3-11-19-16)22-17-6-2-4-12-20-17/h1-13H,(H,20,22,23)/p+1/b21-13-. The van der Waals surface area contributed by atoms with Crippen molar-refractivity contribution in [1.82, 2.24) is 10.4 Å². The van der Waals surface area contributed by atoms with E-state index in [-0.39, 0.29) is 5.69 Å². The Morgan fingerprint density at radius 1 is 1.12 bits per heavy atom. The number of nitro groups is 1. The summed E-state index contributed by atoms with van der Waals surface area (Å²) < 4.78 is 0. The minimum atomic E-state index is -0.443. The van der Waals surface area contributed by atoms with Crippen molar-refractivity contribution in [2.45, 2.75) is 0 Å². The van der Waals surface area contributed by atoms with Crippen molar-refractivity contribution in [3.05, 3.63) is 94.4 Å². The fourth-order valence-electron chi connectivity index (χ4n) is 2.07. The van der Waals surface area contributed by atoms with Crippen LogP contribution in [-0.4, -0.2) is 22.0 Å². The molecule has 3 aromatic rings. The normalized spacial score (nSPS) is 11.5. The highest BCUT2D eigenvalue weighted by Gasteiger charge is 2.11. The Morgan fingerprint density at radius 2 is 1.92 bits per heavy atom. The molecule has 2 aromatic heterocycles. The minimum Gasteiger partial charge on any atom is -0.258 e. The molecule has 0 aliphatic heterocycles. The van der Waals surface area contributed by atoms with Crippen molar-refractivity contribution in [2.75, 3.05) is 0 Å². The van der Waals surface area contributed by atoms with Gasteiger partial charge in [0.15, 0.2) is 0 Å². The fourth-order valence-corrected chi connectivity index (χ4v) is 2.07. The van der Waals surface area contributed by atoms with Crippen LogP contribution in [0.25, 0.3) is 0 Å². The molecule has 0 fully saturated rings. The van der Waals surface area contributed by atoms with E-state index in [1.807, 2.05) is 36.4 Å². The summed E-state index contributed by atoms with van der Waals surface area (Å²) in [7, 11) is 0. The molecule has 128 valence electrons. The Morgan fingerprint density at radius 3 is 2.58 bits per heavy atom. The van der Waals surface area contributed by atoms with Gasteiger partial charge in [0, 0.05) is 24.4 Å². The zero-order valence-corrected chi connectivity index (χ0v) is 13.6. The van der Waals surface area contributed by atoms with Crippen molar-refractivity contribution in [3.63, 3.8) is 0 Å². The van der Waals surface area contributed by atoms with E-state index >= 15 is 0 Å². The van der Waals surface area contributed by atoms with Crippen LogP contribution >= 0.6 is 0 Å². The molecular weight excluding hydrogens is 332 g/mol. The molecule has 26 heavy (non-hydrogen) atoms. The topological polar surface area (TPSA) is 107 Å². The Labute approximate surface area is 149 Å². The number of pyridine rings is 2. The van der Waals surface area contributed by atoms with Crippen LogP contribution in [0.4, 0.5) is 11.5 Å². The molecule has 0 bridgehead atoms. The molecule has 0 radical (unpaired) electrons. The van der Waals surface area contributed by atoms with Crippen LogP contribution in [0.1, 0.15) is 11.3 Å². The molecule has 3 rings (SSSR count). The first-order chi connectivity index (χ1) is 12.7. The quantitative estimate of drug-likeness (QED) is 0.331. The zero-order valence-electron chi connectivity index (χ0n) is 13.6. The number of aromatic amines is 1. The van der Waals surface area contributed by atoms with E-state index in [0.29, 0.717) is 17.3 Å². The summed E-state index contributed by atoms with van der Waals surface area (Å²) in [6.07, 6.45) is 4.99. The maximum absolute atomic E-state index is 10.7. The second kappa shape index (κ2) is 8.25. The van der Waals surface area contributed by atoms with Gasteiger partial charge >= 0.3 is 5.82 Å². The Balaban J connectivity index is 1.80. The monoisotopic (exact) mass is 347 g/mol. The third-order valence-corrected chi connectivity index (χ3v) is 3.32. The summed E-state index contributed by atoms with van der Waals surface area (Å²) in [4.78, 5) is 22.0. The number of nitro benzene ring substituents is 1. The Hall–Kier alpha value is -3.94. The van der Waals surface area contributed by atoms with Gasteiger partial charge in [0.25, 0.3) is 11.5 Å². The summed E-state index contributed by atoms with van der Waals surface area (Å²) in [6, 6.07) is 17.1. The molecule has 0 atom stereocenters. The predicted octanol–water partition coefficient (Wildman–Crippen LogP) is 2.51. The molecule has 0 spiro atoms. The SMILES string of the molecule is O=[N+]([O-])c1ccc(/C=N\NC(=Nc2cccc[nH+]2)c2ccccn2)cc1. The van der Waals surface area contributed by atoms with Crippen LogP contribution in [0.2, 0.25) is 0 Å². The van der Waals surface area contributed by atoms with Crippen molar-refractivity contribution in [3.8, 4) is 0 Å². The van der Waals surface area contributed by atoms with Crippen molar-refractivity contribution in [2.24, 2.45) is 10.1 Å². The molecule has 0 amide bonds.